The van der Waals surface area contributed by atoms with Gasteiger partial charge in [-0.05, 0) is 37.5 Å². The Morgan fingerprint density at radius 3 is 2.91 bits per heavy atom. The first kappa shape index (κ1) is 15.3. The molecule has 2 heterocycles. The maximum atomic E-state index is 12.5. The van der Waals surface area contributed by atoms with Crippen LogP contribution in [0.5, 0.6) is 5.75 Å². The predicted molar refractivity (Wildman–Crippen MR) is 81.4 cm³/mol. The van der Waals surface area contributed by atoms with Crippen LogP contribution in [0.15, 0.2) is 18.2 Å². The highest BCUT2D eigenvalue weighted by atomic mass is 16.5. The zero-order valence-corrected chi connectivity index (χ0v) is 12.8. The molecule has 1 aromatic rings. The number of anilines is 1. The van der Waals surface area contributed by atoms with Gasteiger partial charge < -0.3 is 14.7 Å². The third kappa shape index (κ3) is 2.86. The minimum atomic E-state index is -1.000. The van der Waals surface area contributed by atoms with E-state index < -0.39 is 12.0 Å². The molecule has 23 heavy (non-hydrogen) atoms. The van der Waals surface area contributed by atoms with Crippen LogP contribution < -0.4 is 9.64 Å². The van der Waals surface area contributed by atoms with Crippen LogP contribution in [0.3, 0.4) is 0 Å². The molecule has 1 aromatic carbocycles. The van der Waals surface area contributed by atoms with Gasteiger partial charge in [-0.15, -0.1) is 0 Å². The minimum absolute atomic E-state index is 0.119. The molecule has 1 N–H and O–H groups in total. The van der Waals surface area contributed by atoms with E-state index in [1.54, 1.807) is 12.1 Å². The molecule has 7 heteroatoms. The Morgan fingerprint density at radius 1 is 1.39 bits per heavy atom. The van der Waals surface area contributed by atoms with E-state index >= 15 is 0 Å². The summed E-state index contributed by atoms with van der Waals surface area (Å²) in [7, 11) is 0. The third-order valence-electron chi connectivity index (χ3n) is 4.21. The van der Waals surface area contributed by atoms with Crippen molar-refractivity contribution in [3.8, 4) is 5.75 Å². The fourth-order valence-electron chi connectivity index (χ4n) is 3.03. The number of hydrogen-bond donors (Lipinski definition) is 1. The Hall–Kier alpha value is -2.57. The van der Waals surface area contributed by atoms with Gasteiger partial charge >= 0.3 is 5.97 Å². The minimum Gasteiger partial charge on any atom is -0.482 e. The van der Waals surface area contributed by atoms with Crippen molar-refractivity contribution in [1.82, 2.24) is 4.90 Å². The molecule has 122 valence electrons. The van der Waals surface area contributed by atoms with Gasteiger partial charge in [-0.1, -0.05) is 6.07 Å². The second kappa shape index (κ2) is 5.91. The fourth-order valence-corrected chi connectivity index (χ4v) is 3.03. The average molecular weight is 318 g/mol. The van der Waals surface area contributed by atoms with Crippen molar-refractivity contribution < 1.29 is 24.2 Å². The van der Waals surface area contributed by atoms with Gasteiger partial charge in [-0.2, -0.15) is 0 Å². The van der Waals surface area contributed by atoms with Crippen molar-refractivity contribution in [2.45, 2.75) is 25.8 Å². The number of amides is 2. The number of hydrogen-bond acceptors (Lipinski definition) is 4. The molecule has 0 aliphatic carbocycles. The van der Waals surface area contributed by atoms with Gasteiger partial charge in [0.2, 0.25) is 5.91 Å². The van der Waals surface area contributed by atoms with Gasteiger partial charge in [-0.25, -0.2) is 4.79 Å². The number of aliphatic carboxylic acids is 1. The Labute approximate surface area is 133 Å². The molecule has 3 rings (SSSR count). The first-order valence-electron chi connectivity index (χ1n) is 7.53. The highest BCUT2D eigenvalue weighted by Crippen LogP contribution is 2.33. The van der Waals surface area contributed by atoms with Gasteiger partial charge in [0.25, 0.3) is 5.91 Å². The van der Waals surface area contributed by atoms with E-state index in [0.29, 0.717) is 30.8 Å². The number of nitrogens with zero attached hydrogens (tertiary/aromatic N) is 2. The number of carbonyl (C=O) groups excluding carboxylic acids is 2. The lowest BCUT2D eigenvalue weighted by atomic mass is 10.1. The Bertz CT molecular complexity index is 672. The topological polar surface area (TPSA) is 87.2 Å². The monoisotopic (exact) mass is 318 g/mol. The SMILES string of the molecule is Cc1ccc2c(c1)N(CC(=O)N1CCCC1C(=O)O)C(=O)CO2. The van der Waals surface area contributed by atoms with Crippen molar-refractivity contribution >= 4 is 23.5 Å². The molecule has 0 aromatic heterocycles. The summed E-state index contributed by atoms with van der Waals surface area (Å²) in [6.45, 7) is 2.02. The number of aryl methyl sites for hydroxylation is 1. The Morgan fingerprint density at radius 2 is 2.17 bits per heavy atom. The van der Waals surface area contributed by atoms with Crippen molar-refractivity contribution in [1.29, 1.82) is 0 Å². The van der Waals surface area contributed by atoms with Crippen molar-refractivity contribution in [2.24, 2.45) is 0 Å². The van der Waals surface area contributed by atoms with E-state index in [-0.39, 0.29) is 25.0 Å². The predicted octanol–water partition coefficient (Wildman–Crippen LogP) is 0.796. The smallest absolute Gasteiger partial charge is 0.326 e. The number of ether oxygens (including phenoxy) is 1. The summed E-state index contributed by atoms with van der Waals surface area (Å²) in [5.74, 6) is -1.10. The van der Waals surface area contributed by atoms with Crippen LogP contribution in [0.25, 0.3) is 0 Å². The van der Waals surface area contributed by atoms with E-state index in [4.69, 9.17) is 4.74 Å². The molecule has 2 aliphatic heterocycles. The van der Waals surface area contributed by atoms with Crippen LogP contribution in [-0.4, -0.2) is 53.5 Å². The summed E-state index contributed by atoms with van der Waals surface area (Å²) in [6.07, 6.45) is 1.11. The molecule has 0 saturated carbocycles. The van der Waals surface area contributed by atoms with Crippen LogP contribution in [0, 0.1) is 6.92 Å². The second-order valence-electron chi connectivity index (χ2n) is 5.82. The highest BCUT2D eigenvalue weighted by Gasteiger charge is 2.36. The average Bonchev–Trinajstić information content (AvgIpc) is 3.00. The molecule has 0 bridgehead atoms. The first-order chi connectivity index (χ1) is 11.0. The third-order valence-corrected chi connectivity index (χ3v) is 4.21. The van der Waals surface area contributed by atoms with E-state index in [2.05, 4.69) is 0 Å². The number of likely N-dealkylation sites (tertiary alicyclic amines) is 1. The van der Waals surface area contributed by atoms with Crippen molar-refractivity contribution in [3.05, 3.63) is 23.8 Å². The number of carbonyl (C=O) groups is 3. The molecule has 2 amide bonds. The number of carboxylic acid groups (broad SMARTS) is 1. The molecule has 1 saturated heterocycles. The number of rotatable bonds is 3. The quantitative estimate of drug-likeness (QED) is 0.890. The second-order valence-corrected chi connectivity index (χ2v) is 5.82. The molecule has 1 unspecified atom stereocenters. The highest BCUT2D eigenvalue weighted by molar-refractivity contribution is 6.02. The standard InChI is InChI=1S/C16H18N2O5/c1-10-4-5-13-12(7-10)18(15(20)9-23-13)8-14(19)17-6-2-3-11(17)16(21)22/h4-5,7,11H,2-3,6,8-9H2,1H3,(H,21,22). The summed E-state index contributed by atoms with van der Waals surface area (Å²) >= 11 is 0. The van der Waals surface area contributed by atoms with Crippen molar-refractivity contribution in [2.75, 3.05) is 24.6 Å². The number of carboxylic acids is 1. The molecule has 0 radical (unpaired) electrons. The van der Waals surface area contributed by atoms with E-state index in [1.165, 1.54) is 9.80 Å². The van der Waals surface area contributed by atoms with E-state index in [9.17, 15) is 19.5 Å². The largest absolute Gasteiger partial charge is 0.482 e. The fraction of sp³-hybridized carbons (Fsp3) is 0.438. The number of fused-ring (bicyclic) bond motifs is 1. The molecule has 2 aliphatic rings. The summed E-state index contributed by atoms with van der Waals surface area (Å²) in [4.78, 5) is 38.6. The molecule has 7 nitrogen and oxygen atoms in total. The maximum Gasteiger partial charge on any atom is 0.326 e. The van der Waals surface area contributed by atoms with Gasteiger partial charge in [0.15, 0.2) is 6.61 Å². The van der Waals surface area contributed by atoms with Gasteiger partial charge in [0, 0.05) is 6.54 Å². The zero-order valence-electron chi connectivity index (χ0n) is 12.8. The Kier molecular flexibility index (Phi) is 3.94. The van der Waals surface area contributed by atoms with Gasteiger partial charge in [0.05, 0.1) is 5.69 Å². The summed E-state index contributed by atoms with van der Waals surface area (Å²) < 4.78 is 5.38. The Balaban J connectivity index is 1.82. The zero-order chi connectivity index (χ0) is 16.6. The molecular formula is C16H18N2O5. The van der Waals surface area contributed by atoms with Crippen LogP contribution in [0.1, 0.15) is 18.4 Å². The van der Waals surface area contributed by atoms with Crippen LogP contribution >= 0.6 is 0 Å². The van der Waals surface area contributed by atoms with Crippen LogP contribution in [0.2, 0.25) is 0 Å². The molecular weight excluding hydrogens is 300 g/mol. The maximum absolute atomic E-state index is 12.5. The summed E-state index contributed by atoms with van der Waals surface area (Å²) in [5.41, 5.74) is 1.50. The summed E-state index contributed by atoms with van der Waals surface area (Å²) in [5, 5.41) is 9.19. The normalized spacial score (nSPS) is 20.2. The lowest BCUT2D eigenvalue weighted by Gasteiger charge is -2.31. The van der Waals surface area contributed by atoms with Gasteiger partial charge in [-0.3, -0.25) is 14.5 Å². The number of benzene rings is 1. The van der Waals surface area contributed by atoms with Crippen LogP contribution in [0.4, 0.5) is 5.69 Å². The first-order valence-corrected chi connectivity index (χ1v) is 7.53. The van der Waals surface area contributed by atoms with Crippen LogP contribution in [-0.2, 0) is 14.4 Å². The lowest BCUT2D eigenvalue weighted by molar-refractivity contribution is -0.147. The van der Waals surface area contributed by atoms with Gasteiger partial charge in [0.1, 0.15) is 18.3 Å². The molecule has 1 fully saturated rings. The van der Waals surface area contributed by atoms with E-state index in [0.717, 1.165) is 5.56 Å². The molecule has 0 spiro atoms. The van der Waals surface area contributed by atoms with Crippen molar-refractivity contribution in [3.63, 3.8) is 0 Å². The lowest BCUT2D eigenvalue weighted by Crippen LogP contribution is -2.49. The van der Waals surface area contributed by atoms with E-state index in [1.807, 2.05) is 13.0 Å². The molecule has 1 atom stereocenters. The summed E-state index contributed by atoms with van der Waals surface area (Å²) in [6, 6.07) is 4.63.